The molecule has 0 atom stereocenters. The first kappa shape index (κ1) is 15.3. The Hall–Kier alpha value is -1.72. The van der Waals surface area contributed by atoms with Crippen molar-refractivity contribution in [2.45, 2.75) is 25.9 Å². The summed E-state index contributed by atoms with van der Waals surface area (Å²) in [5.74, 6) is -0.112. The van der Waals surface area contributed by atoms with Gasteiger partial charge in [0.1, 0.15) is 5.75 Å². The monoisotopic (exact) mass is 276 g/mol. The largest absolute Gasteiger partial charge is 0.494 e. The number of esters is 1. The van der Waals surface area contributed by atoms with E-state index in [1.54, 1.807) is 6.92 Å². The molecule has 106 valence electrons. The molecular formula is C13H15F3O3. The maximum absolute atomic E-state index is 12.6. The molecule has 0 bridgehead atoms. The lowest BCUT2D eigenvalue weighted by Gasteiger charge is -2.13. The van der Waals surface area contributed by atoms with Crippen molar-refractivity contribution < 1.29 is 27.4 Å². The van der Waals surface area contributed by atoms with Crippen LogP contribution in [-0.2, 0) is 22.1 Å². The van der Waals surface area contributed by atoms with E-state index >= 15 is 0 Å². The molecule has 0 amide bonds. The highest BCUT2D eigenvalue weighted by Gasteiger charge is 2.31. The van der Waals surface area contributed by atoms with Gasteiger partial charge in [-0.15, -0.1) is 0 Å². The molecule has 0 saturated carbocycles. The Morgan fingerprint density at radius 3 is 2.53 bits per heavy atom. The van der Waals surface area contributed by atoms with Crippen molar-refractivity contribution >= 4 is 5.97 Å². The van der Waals surface area contributed by atoms with E-state index in [2.05, 4.69) is 4.74 Å². The number of benzene rings is 1. The van der Waals surface area contributed by atoms with Gasteiger partial charge < -0.3 is 9.47 Å². The van der Waals surface area contributed by atoms with Crippen LogP contribution in [0.15, 0.2) is 18.2 Å². The number of methoxy groups -OCH3 is 1. The zero-order valence-corrected chi connectivity index (χ0v) is 10.7. The second-order valence-corrected chi connectivity index (χ2v) is 3.83. The van der Waals surface area contributed by atoms with Crippen molar-refractivity contribution in [3.05, 3.63) is 29.3 Å². The van der Waals surface area contributed by atoms with E-state index in [0.29, 0.717) is 17.9 Å². The van der Waals surface area contributed by atoms with Crippen LogP contribution in [0.1, 0.15) is 24.5 Å². The van der Waals surface area contributed by atoms with Gasteiger partial charge in [-0.25, -0.2) is 0 Å². The highest BCUT2D eigenvalue weighted by molar-refractivity contribution is 5.69. The van der Waals surface area contributed by atoms with E-state index in [-0.39, 0.29) is 12.8 Å². The second kappa shape index (κ2) is 6.45. The zero-order chi connectivity index (χ0) is 14.5. The third-order valence-corrected chi connectivity index (χ3v) is 2.51. The van der Waals surface area contributed by atoms with Crippen molar-refractivity contribution in [1.82, 2.24) is 0 Å². The SMILES string of the molecule is CCOc1ccc(C(F)(F)F)cc1CCC(=O)OC. The first-order valence-corrected chi connectivity index (χ1v) is 5.78. The standard InChI is InChI=1S/C13H15F3O3/c1-3-19-11-6-5-10(13(14,15)16)8-9(11)4-7-12(17)18-2/h5-6,8H,3-4,7H2,1-2H3. The van der Waals surface area contributed by atoms with Crippen molar-refractivity contribution in [3.63, 3.8) is 0 Å². The average Bonchev–Trinajstić information content (AvgIpc) is 2.36. The van der Waals surface area contributed by atoms with E-state index in [1.165, 1.54) is 13.2 Å². The lowest BCUT2D eigenvalue weighted by Crippen LogP contribution is -2.08. The maximum atomic E-state index is 12.6. The van der Waals surface area contributed by atoms with Gasteiger partial charge in [-0.1, -0.05) is 0 Å². The van der Waals surface area contributed by atoms with Crippen molar-refractivity contribution in [1.29, 1.82) is 0 Å². The number of ether oxygens (including phenoxy) is 2. The molecule has 0 unspecified atom stereocenters. The maximum Gasteiger partial charge on any atom is 0.416 e. The number of rotatable bonds is 5. The van der Waals surface area contributed by atoms with Gasteiger partial charge in [-0.3, -0.25) is 4.79 Å². The molecule has 0 saturated heterocycles. The average molecular weight is 276 g/mol. The molecule has 6 heteroatoms. The predicted molar refractivity (Wildman–Crippen MR) is 63.0 cm³/mol. The van der Waals surface area contributed by atoms with E-state index < -0.39 is 17.7 Å². The number of halogens is 3. The number of carbonyl (C=O) groups is 1. The summed E-state index contributed by atoms with van der Waals surface area (Å²) in [4.78, 5) is 11.1. The third-order valence-electron chi connectivity index (χ3n) is 2.51. The topological polar surface area (TPSA) is 35.5 Å². The first-order chi connectivity index (χ1) is 8.88. The Morgan fingerprint density at radius 1 is 1.32 bits per heavy atom. The fourth-order valence-electron chi connectivity index (χ4n) is 1.59. The van der Waals surface area contributed by atoms with Gasteiger partial charge in [-0.05, 0) is 37.1 Å². The van der Waals surface area contributed by atoms with Gasteiger partial charge in [0, 0.05) is 6.42 Å². The summed E-state index contributed by atoms with van der Waals surface area (Å²) in [6.07, 6.45) is -4.26. The number of aryl methyl sites for hydroxylation is 1. The van der Waals surface area contributed by atoms with Crippen LogP contribution in [0, 0.1) is 0 Å². The van der Waals surface area contributed by atoms with E-state index in [0.717, 1.165) is 12.1 Å². The molecule has 3 nitrogen and oxygen atoms in total. The van der Waals surface area contributed by atoms with Crippen LogP contribution in [0.4, 0.5) is 13.2 Å². The predicted octanol–water partition coefficient (Wildman–Crippen LogP) is 3.21. The summed E-state index contributed by atoms with van der Waals surface area (Å²) >= 11 is 0. The van der Waals surface area contributed by atoms with Gasteiger partial charge in [0.05, 0.1) is 19.3 Å². The fourth-order valence-corrected chi connectivity index (χ4v) is 1.59. The molecule has 0 aliphatic heterocycles. The summed E-state index contributed by atoms with van der Waals surface area (Å²) in [6.45, 7) is 2.08. The molecule has 0 heterocycles. The van der Waals surface area contributed by atoms with Crippen molar-refractivity contribution in [2.75, 3.05) is 13.7 Å². The van der Waals surface area contributed by atoms with Gasteiger partial charge in [0.2, 0.25) is 0 Å². The highest BCUT2D eigenvalue weighted by atomic mass is 19.4. The molecule has 0 fully saturated rings. The number of alkyl halides is 3. The molecule has 0 aromatic heterocycles. The summed E-state index contributed by atoms with van der Waals surface area (Å²) in [5, 5.41) is 0. The van der Waals surface area contributed by atoms with Crippen LogP contribution >= 0.6 is 0 Å². The second-order valence-electron chi connectivity index (χ2n) is 3.83. The highest BCUT2D eigenvalue weighted by Crippen LogP contribution is 2.33. The first-order valence-electron chi connectivity index (χ1n) is 5.78. The normalized spacial score (nSPS) is 11.2. The van der Waals surface area contributed by atoms with E-state index in [9.17, 15) is 18.0 Å². The summed E-state index contributed by atoms with van der Waals surface area (Å²) in [7, 11) is 1.23. The van der Waals surface area contributed by atoms with Gasteiger partial charge >= 0.3 is 12.1 Å². The van der Waals surface area contributed by atoms with Crippen LogP contribution in [0.25, 0.3) is 0 Å². The van der Waals surface area contributed by atoms with E-state index in [1.807, 2.05) is 0 Å². The number of hydrogen-bond donors (Lipinski definition) is 0. The minimum atomic E-state index is -4.41. The zero-order valence-electron chi connectivity index (χ0n) is 10.7. The minimum Gasteiger partial charge on any atom is -0.494 e. The molecule has 1 aromatic carbocycles. The molecule has 1 aromatic rings. The Morgan fingerprint density at radius 2 is 2.00 bits per heavy atom. The van der Waals surface area contributed by atoms with Crippen molar-refractivity contribution in [3.8, 4) is 5.75 Å². The van der Waals surface area contributed by atoms with Crippen molar-refractivity contribution in [2.24, 2.45) is 0 Å². The molecular weight excluding hydrogens is 261 g/mol. The van der Waals surface area contributed by atoms with Crippen LogP contribution in [-0.4, -0.2) is 19.7 Å². The smallest absolute Gasteiger partial charge is 0.416 e. The molecule has 0 aliphatic carbocycles. The third kappa shape index (κ3) is 4.46. The Labute approximate surface area is 109 Å². The van der Waals surface area contributed by atoms with Gasteiger partial charge in [0.25, 0.3) is 0 Å². The lowest BCUT2D eigenvalue weighted by atomic mass is 10.0. The van der Waals surface area contributed by atoms with E-state index in [4.69, 9.17) is 4.74 Å². The quantitative estimate of drug-likeness (QED) is 0.775. The summed E-state index contributed by atoms with van der Waals surface area (Å²) < 4.78 is 47.6. The molecule has 19 heavy (non-hydrogen) atoms. The van der Waals surface area contributed by atoms with Gasteiger partial charge in [-0.2, -0.15) is 13.2 Å². The minimum absolute atomic E-state index is 0.0118. The molecule has 0 aliphatic rings. The lowest BCUT2D eigenvalue weighted by molar-refractivity contribution is -0.140. The number of carbonyl (C=O) groups excluding carboxylic acids is 1. The van der Waals surface area contributed by atoms with Crippen LogP contribution in [0.3, 0.4) is 0 Å². The Balaban J connectivity index is 2.98. The van der Waals surface area contributed by atoms with Crippen LogP contribution in [0.5, 0.6) is 5.75 Å². The fraction of sp³-hybridized carbons (Fsp3) is 0.462. The number of hydrogen-bond acceptors (Lipinski definition) is 3. The Kier molecular flexibility index (Phi) is 5.20. The van der Waals surface area contributed by atoms with Crippen LogP contribution < -0.4 is 4.74 Å². The molecule has 0 radical (unpaired) electrons. The molecule has 1 rings (SSSR count). The van der Waals surface area contributed by atoms with Gasteiger partial charge in [0.15, 0.2) is 0 Å². The Bertz CT molecular complexity index is 441. The summed E-state index contributed by atoms with van der Waals surface area (Å²) in [6, 6.07) is 3.25. The molecule has 0 N–H and O–H groups in total. The van der Waals surface area contributed by atoms with Crippen LogP contribution in [0.2, 0.25) is 0 Å². The summed E-state index contributed by atoms with van der Waals surface area (Å²) in [5.41, 5.74) is -0.405. The molecule has 0 spiro atoms.